The van der Waals surface area contributed by atoms with Crippen LogP contribution in [0.5, 0.6) is 0 Å². The molecule has 1 N–H and O–H groups in total. The molecule has 0 aromatic rings. The average molecular weight is 203 g/mol. The van der Waals surface area contributed by atoms with Gasteiger partial charge in [-0.2, -0.15) is 12.6 Å². The van der Waals surface area contributed by atoms with Crippen molar-refractivity contribution in [3.8, 4) is 0 Å². The van der Waals surface area contributed by atoms with E-state index in [9.17, 15) is 4.79 Å². The summed E-state index contributed by atoms with van der Waals surface area (Å²) >= 11 is 4.26. The standard InChI is InChI=1S/C9H17NO2S/c1-9(2,3)12-8(11)10-6-4-7(13)5-6/h6-7,13H,4-5H2,1-3H3,(H,10,11). The lowest BCUT2D eigenvalue weighted by molar-refractivity contribution is 0.0482. The Morgan fingerprint density at radius 1 is 1.46 bits per heavy atom. The zero-order valence-corrected chi connectivity index (χ0v) is 9.23. The van der Waals surface area contributed by atoms with Gasteiger partial charge in [-0.1, -0.05) is 0 Å². The van der Waals surface area contributed by atoms with E-state index in [2.05, 4.69) is 17.9 Å². The van der Waals surface area contributed by atoms with Crippen LogP contribution in [-0.2, 0) is 4.74 Å². The summed E-state index contributed by atoms with van der Waals surface area (Å²) in [5, 5.41) is 3.24. The third kappa shape index (κ3) is 3.89. The Balaban J connectivity index is 2.19. The quantitative estimate of drug-likeness (QED) is 0.639. The summed E-state index contributed by atoms with van der Waals surface area (Å²) in [6, 6.07) is 0.261. The first-order chi connectivity index (χ1) is 5.87. The van der Waals surface area contributed by atoms with Gasteiger partial charge in [-0.15, -0.1) is 0 Å². The van der Waals surface area contributed by atoms with Gasteiger partial charge in [0.05, 0.1) is 0 Å². The summed E-state index contributed by atoms with van der Waals surface area (Å²) in [4.78, 5) is 11.2. The summed E-state index contributed by atoms with van der Waals surface area (Å²) in [5.74, 6) is 0. The highest BCUT2D eigenvalue weighted by molar-refractivity contribution is 7.81. The summed E-state index contributed by atoms with van der Waals surface area (Å²) < 4.78 is 5.10. The van der Waals surface area contributed by atoms with E-state index >= 15 is 0 Å². The minimum atomic E-state index is -0.409. The molecule has 1 saturated carbocycles. The maximum Gasteiger partial charge on any atom is 0.407 e. The number of nitrogens with one attached hydrogen (secondary N) is 1. The van der Waals surface area contributed by atoms with Crippen LogP contribution in [0.2, 0.25) is 0 Å². The lowest BCUT2D eigenvalue weighted by atomic mass is 9.92. The Kier molecular flexibility index (Phi) is 3.11. The second-order valence-electron chi connectivity index (χ2n) is 4.47. The van der Waals surface area contributed by atoms with Gasteiger partial charge in [0.15, 0.2) is 0 Å². The van der Waals surface area contributed by atoms with Crippen molar-refractivity contribution in [1.29, 1.82) is 0 Å². The molecular weight excluding hydrogens is 186 g/mol. The maximum absolute atomic E-state index is 11.2. The van der Waals surface area contributed by atoms with Crippen LogP contribution in [0.4, 0.5) is 4.79 Å². The molecule has 0 unspecified atom stereocenters. The third-order valence-electron chi connectivity index (χ3n) is 1.83. The molecule has 13 heavy (non-hydrogen) atoms. The van der Waals surface area contributed by atoms with Crippen LogP contribution in [0.1, 0.15) is 33.6 Å². The minimum Gasteiger partial charge on any atom is -0.444 e. The van der Waals surface area contributed by atoms with Gasteiger partial charge in [0.25, 0.3) is 0 Å². The minimum absolute atomic E-state index is 0.261. The summed E-state index contributed by atoms with van der Waals surface area (Å²) in [6.45, 7) is 5.57. The van der Waals surface area contributed by atoms with Crippen molar-refractivity contribution >= 4 is 18.7 Å². The van der Waals surface area contributed by atoms with Crippen molar-refractivity contribution in [2.45, 2.75) is 50.5 Å². The van der Waals surface area contributed by atoms with Crippen LogP contribution in [0.3, 0.4) is 0 Å². The van der Waals surface area contributed by atoms with Gasteiger partial charge in [0.2, 0.25) is 0 Å². The molecule has 0 heterocycles. The number of carbonyl (C=O) groups excluding carboxylic acids is 1. The molecule has 3 nitrogen and oxygen atoms in total. The highest BCUT2D eigenvalue weighted by Gasteiger charge is 2.28. The van der Waals surface area contributed by atoms with Crippen LogP contribution in [-0.4, -0.2) is 23.0 Å². The lowest BCUT2D eigenvalue weighted by Crippen LogP contribution is -2.46. The maximum atomic E-state index is 11.2. The number of hydrogen-bond acceptors (Lipinski definition) is 3. The van der Waals surface area contributed by atoms with E-state index in [-0.39, 0.29) is 12.1 Å². The number of rotatable bonds is 1. The van der Waals surface area contributed by atoms with E-state index in [0.29, 0.717) is 5.25 Å². The fourth-order valence-corrected chi connectivity index (χ4v) is 1.69. The predicted molar refractivity (Wildman–Crippen MR) is 55.2 cm³/mol. The highest BCUT2D eigenvalue weighted by atomic mass is 32.1. The number of hydrogen-bond donors (Lipinski definition) is 2. The molecule has 1 amide bonds. The van der Waals surface area contributed by atoms with Gasteiger partial charge in [-0.3, -0.25) is 0 Å². The molecule has 0 aliphatic heterocycles. The zero-order chi connectivity index (χ0) is 10.1. The molecule has 1 rings (SSSR count). The Morgan fingerprint density at radius 3 is 2.38 bits per heavy atom. The van der Waals surface area contributed by atoms with Gasteiger partial charge < -0.3 is 10.1 Å². The predicted octanol–water partition coefficient (Wildman–Crippen LogP) is 1.97. The SMILES string of the molecule is CC(C)(C)OC(=O)NC1CC(S)C1. The van der Waals surface area contributed by atoms with E-state index < -0.39 is 5.60 Å². The molecule has 76 valence electrons. The second-order valence-corrected chi connectivity index (χ2v) is 5.20. The molecule has 0 atom stereocenters. The molecule has 1 fully saturated rings. The van der Waals surface area contributed by atoms with Crippen LogP contribution < -0.4 is 5.32 Å². The Hall–Kier alpha value is -0.380. The number of amides is 1. The average Bonchev–Trinajstić information content (AvgIpc) is 1.79. The summed E-state index contributed by atoms with van der Waals surface area (Å²) in [7, 11) is 0. The topological polar surface area (TPSA) is 38.3 Å². The smallest absolute Gasteiger partial charge is 0.407 e. The molecule has 0 radical (unpaired) electrons. The molecule has 0 saturated heterocycles. The van der Waals surface area contributed by atoms with Crippen molar-refractivity contribution in [1.82, 2.24) is 5.32 Å². The van der Waals surface area contributed by atoms with Crippen LogP contribution in [0.15, 0.2) is 0 Å². The first-order valence-corrected chi connectivity index (χ1v) is 5.06. The van der Waals surface area contributed by atoms with Crippen molar-refractivity contribution < 1.29 is 9.53 Å². The van der Waals surface area contributed by atoms with E-state index in [0.717, 1.165) is 12.8 Å². The van der Waals surface area contributed by atoms with Gasteiger partial charge in [0.1, 0.15) is 5.60 Å². The largest absolute Gasteiger partial charge is 0.444 e. The van der Waals surface area contributed by atoms with E-state index in [4.69, 9.17) is 4.74 Å². The monoisotopic (exact) mass is 203 g/mol. The number of thiol groups is 1. The normalized spacial score (nSPS) is 27.7. The van der Waals surface area contributed by atoms with Crippen molar-refractivity contribution in [2.24, 2.45) is 0 Å². The van der Waals surface area contributed by atoms with Crippen LogP contribution >= 0.6 is 12.6 Å². The van der Waals surface area contributed by atoms with E-state index in [1.807, 2.05) is 20.8 Å². The molecule has 1 aliphatic carbocycles. The molecule has 0 aromatic carbocycles. The van der Waals surface area contributed by atoms with Crippen molar-refractivity contribution in [3.05, 3.63) is 0 Å². The molecule has 0 aromatic heterocycles. The van der Waals surface area contributed by atoms with E-state index in [1.54, 1.807) is 0 Å². The third-order valence-corrected chi connectivity index (χ3v) is 2.26. The first-order valence-electron chi connectivity index (χ1n) is 4.54. The second kappa shape index (κ2) is 3.78. The van der Waals surface area contributed by atoms with E-state index in [1.165, 1.54) is 0 Å². The number of ether oxygens (including phenoxy) is 1. The molecule has 4 heteroatoms. The first kappa shape index (κ1) is 10.7. The molecular formula is C9H17NO2S. The summed E-state index contributed by atoms with van der Waals surface area (Å²) in [6.07, 6.45) is 1.57. The van der Waals surface area contributed by atoms with Crippen LogP contribution in [0, 0.1) is 0 Å². The van der Waals surface area contributed by atoms with Crippen molar-refractivity contribution in [3.63, 3.8) is 0 Å². The Bertz CT molecular complexity index is 194. The van der Waals surface area contributed by atoms with Crippen LogP contribution in [0.25, 0.3) is 0 Å². The molecule has 0 spiro atoms. The fourth-order valence-electron chi connectivity index (χ4n) is 1.18. The lowest BCUT2D eigenvalue weighted by Gasteiger charge is -2.33. The number of alkyl carbamates (subject to hydrolysis) is 1. The zero-order valence-electron chi connectivity index (χ0n) is 8.33. The Labute approximate surface area is 84.6 Å². The van der Waals surface area contributed by atoms with Gasteiger partial charge in [-0.25, -0.2) is 4.79 Å². The Morgan fingerprint density at radius 2 is 2.00 bits per heavy atom. The summed E-state index contributed by atoms with van der Waals surface area (Å²) in [5.41, 5.74) is -0.409. The molecule has 0 bridgehead atoms. The fraction of sp³-hybridized carbons (Fsp3) is 0.889. The van der Waals surface area contributed by atoms with Crippen molar-refractivity contribution in [2.75, 3.05) is 0 Å². The van der Waals surface area contributed by atoms with Gasteiger partial charge >= 0.3 is 6.09 Å². The van der Waals surface area contributed by atoms with Gasteiger partial charge in [0, 0.05) is 11.3 Å². The molecule has 1 aliphatic rings. The van der Waals surface area contributed by atoms with Gasteiger partial charge in [-0.05, 0) is 33.6 Å². The number of carbonyl (C=O) groups is 1. The highest BCUT2D eigenvalue weighted by Crippen LogP contribution is 2.25.